The van der Waals surface area contributed by atoms with Gasteiger partial charge in [0.2, 0.25) is 0 Å². The largest absolute Gasteiger partial charge is 0.494 e. The lowest BCUT2D eigenvalue weighted by atomic mass is 10.2. The molecule has 0 heterocycles. The summed E-state index contributed by atoms with van der Waals surface area (Å²) in [6.07, 6.45) is -0.866. The number of nitro groups is 1. The lowest BCUT2D eigenvalue weighted by molar-refractivity contribution is -0.384. The fraction of sp³-hybridized carbons (Fsp3) is 0.188. The molecule has 0 aliphatic carbocycles. The van der Waals surface area contributed by atoms with Gasteiger partial charge in [-0.3, -0.25) is 14.9 Å². The van der Waals surface area contributed by atoms with Crippen molar-refractivity contribution in [2.75, 3.05) is 12.4 Å². The maximum Gasteiger partial charge on any atom is 0.273 e. The number of non-ortho nitro benzene ring substituents is 1. The second kappa shape index (κ2) is 8.04. The van der Waals surface area contributed by atoms with Gasteiger partial charge in [-0.2, -0.15) is 0 Å². The van der Waals surface area contributed by atoms with Gasteiger partial charge >= 0.3 is 0 Å². The predicted molar refractivity (Wildman–Crippen MR) is 94.8 cm³/mol. The molecule has 0 aliphatic rings. The molecule has 0 aromatic heterocycles. The van der Waals surface area contributed by atoms with Gasteiger partial charge in [0.15, 0.2) is 6.10 Å². The molecule has 2 rings (SSSR count). The molecule has 0 spiro atoms. The van der Waals surface area contributed by atoms with E-state index in [1.165, 1.54) is 37.4 Å². The van der Waals surface area contributed by atoms with Gasteiger partial charge in [-0.25, -0.2) is 0 Å². The Labute approximate surface area is 153 Å². The number of carbonyl (C=O) groups is 1. The SMILES string of the molecule is COc1cc([N+](=O)[O-])ccc1NC(=O)[C@H](C)Oc1cc(Cl)cc(Cl)c1. The Bertz CT molecular complexity index is 793. The third kappa shape index (κ3) is 4.98. The fourth-order valence-electron chi connectivity index (χ4n) is 1.99. The fourth-order valence-corrected chi connectivity index (χ4v) is 2.49. The number of ether oxygens (including phenoxy) is 2. The predicted octanol–water partition coefficient (Wildman–Crippen LogP) is 4.32. The van der Waals surface area contributed by atoms with Crippen molar-refractivity contribution in [2.24, 2.45) is 0 Å². The standard InChI is InChI=1S/C16H14Cl2N2O5/c1-9(25-13-6-10(17)5-11(18)7-13)16(21)19-14-4-3-12(20(22)23)8-15(14)24-2/h3-9H,1-2H3,(H,19,21)/t9-/m0/s1. The molecule has 0 unspecified atom stereocenters. The summed E-state index contributed by atoms with van der Waals surface area (Å²) in [5.74, 6) is 0.0413. The van der Waals surface area contributed by atoms with Crippen molar-refractivity contribution >= 4 is 40.5 Å². The van der Waals surface area contributed by atoms with Gasteiger partial charge in [0.1, 0.15) is 11.5 Å². The summed E-state index contributed by atoms with van der Waals surface area (Å²) in [5, 5.41) is 14.2. The van der Waals surface area contributed by atoms with Crippen molar-refractivity contribution in [1.29, 1.82) is 0 Å². The van der Waals surface area contributed by atoms with Crippen LogP contribution in [0.3, 0.4) is 0 Å². The van der Waals surface area contributed by atoms with E-state index in [2.05, 4.69) is 5.32 Å². The molecule has 1 amide bonds. The summed E-state index contributed by atoms with van der Waals surface area (Å²) in [5.41, 5.74) is 0.144. The van der Waals surface area contributed by atoms with E-state index < -0.39 is 16.9 Å². The van der Waals surface area contributed by atoms with Gasteiger partial charge in [-0.1, -0.05) is 23.2 Å². The van der Waals surface area contributed by atoms with Crippen molar-refractivity contribution in [1.82, 2.24) is 0 Å². The lowest BCUT2D eigenvalue weighted by Crippen LogP contribution is -2.30. The van der Waals surface area contributed by atoms with Crippen LogP contribution in [0, 0.1) is 10.1 Å². The summed E-state index contributed by atoms with van der Waals surface area (Å²) < 4.78 is 10.6. The Hall–Kier alpha value is -2.51. The molecule has 1 N–H and O–H groups in total. The summed E-state index contributed by atoms with van der Waals surface area (Å²) >= 11 is 11.8. The van der Waals surface area contributed by atoms with Gasteiger partial charge < -0.3 is 14.8 Å². The normalized spacial score (nSPS) is 11.5. The Morgan fingerprint density at radius 3 is 2.40 bits per heavy atom. The zero-order valence-electron chi connectivity index (χ0n) is 13.3. The minimum absolute atomic E-state index is 0.146. The number of anilines is 1. The molecule has 9 heteroatoms. The Balaban J connectivity index is 2.11. The summed E-state index contributed by atoms with van der Waals surface area (Å²) in [6.45, 7) is 1.54. The first-order chi connectivity index (χ1) is 11.8. The van der Waals surface area contributed by atoms with E-state index in [-0.39, 0.29) is 17.1 Å². The minimum atomic E-state index is -0.866. The second-order valence-corrected chi connectivity index (χ2v) is 5.87. The zero-order chi connectivity index (χ0) is 18.6. The maximum atomic E-state index is 12.3. The van der Waals surface area contributed by atoms with Gasteiger partial charge in [-0.15, -0.1) is 0 Å². The smallest absolute Gasteiger partial charge is 0.273 e. The van der Waals surface area contributed by atoms with Crippen molar-refractivity contribution < 1.29 is 19.2 Å². The molecule has 2 aromatic carbocycles. The first kappa shape index (κ1) is 18.8. The zero-order valence-corrected chi connectivity index (χ0v) is 14.8. The summed E-state index contributed by atoms with van der Waals surface area (Å²) in [4.78, 5) is 22.5. The Morgan fingerprint density at radius 2 is 1.84 bits per heavy atom. The van der Waals surface area contributed by atoms with Crippen LogP contribution in [-0.2, 0) is 4.79 Å². The highest BCUT2D eigenvalue weighted by Gasteiger charge is 2.19. The van der Waals surface area contributed by atoms with E-state index >= 15 is 0 Å². The van der Waals surface area contributed by atoms with Crippen LogP contribution in [0.4, 0.5) is 11.4 Å². The summed E-state index contributed by atoms with van der Waals surface area (Å²) in [6, 6.07) is 8.48. The third-order valence-electron chi connectivity index (χ3n) is 3.17. The molecule has 1 atom stereocenters. The number of methoxy groups -OCH3 is 1. The van der Waals surface area contributed by atoms with Crippen molar-refractivity contribution in [2.45, 2.75) is 13.0 Å². The molecule has 0 fully saturated rings. The molecule has 132 valence electrons. The molecule has 7 nitrogen and oxygen atoms in total. The maximum absolute atomic E-state index is 12.3. The highest BCUT2D eigenvalue weighted by molar-refractivity contribution is 6.34. The Kier molecular flexibility index (Phi) is 6.06. The minimum Gasteiger partial charge on any atom is -0.494 e. The summed E-state index contributed by atoms with van der Waals surface area (Å²) in [7, 11) is 1.35. The molecule has 0 saturated heterocycles. The number of nitrogens with zero attached hydrogens (tertiary/aromatic N) is 1. The van der Waals surface area contributed by atoms with Crippen LogP contribution in [0.1, 0.15) is 6.92 Å². The van der Waals surface area contributed by atoms with E-state index in [1.54, 1.807) is 13.0 Å². The highest BCUT2D eigenvalue weighted by Crippen LogP contribution is 2.29. The van der Waals surface area contributed by atoms with Gasteiger partial charge in [0.05, 0.1) is 23.8 Å². The van der Waals surface area contributed by atoms with E-state index in [4.69, 9.17) is 32.7 Å². The molecule has 2 aromatic rings. The number of amides is 1. The van der Waals surface area contributed by atoms with Crippen LogP contribution < -0.4 is 14.8 Å². The Morgan fingerprint density at radius 1 is 1.20 bits per heavy atom. The van der Waals surface area contributed by atoms with Gasteiger partial charge in [0.25, 0.3) is 11.6 Å². The second-order valence-electron chi connectivity index (χ2n) is 5.00. The van der Waals surface area contributed by atoms with Crippen molar-refractivity contribution in [3.63, 3.8) is 0 Å². The monoisotopic (exact) mass is 384 g/mol. The van der Waals surface area contributed by atoms with Gasteiger partial charge in [0, 0.05) is 16.1 Å². The van der Waals surface area contributed by atoms with Crippen LogP contribution >= 0.6 is 23.2 Å². The first-order valence-electron chi connectivity index (χ1n) is 7.06. The van der Waals surface area contributed by atoms with E-state index in [0.29, 0.717) is 15.8 Å². The number of halogens is 2. The van der Waals surface area contributed by atoms with Crippen LogP contribution in [0.5, 0.6) is 11.5 Å². The third-order valence-corrected chi connectivity index (χ3v) is 3.61. The lowest BCUT2D eigenvalue weighted by Gasteiger charge is -2.16. The number of nitro benzene ring substituents is 1. The number of hydrogen-bond acceptors (Lipinski definition) is 5. The number of carbonyl (C=O) groups excluding carboxylic acids is 1. The molecule has 0 radical (unpaired) electrons. The van der Waals surface area contributed by atoms with E-state index in [0.717, 1.165) is 0 Å². The molecule has 0 aliphatic heterocycles. The van der Waals surface area contributed by atoms with Crippen LogP contribution in [0.15, 0.2) is 36.4 Å². The average molecular weight is 385 g/mol. The number of nitrogens with one attached hydrogen (secondary N) is 1. The number of hydrogen-bond donors (Lipinski definition) is 1. The first-order valence-corrected chi connectivity index (χ1v) is 7.82. The van der Waals surface area contributed by atoms with Gasteiger partial charge in [-0.05, 0) is 31.2 Å². The van der Waals surface area contributed by atoms with Crippen molar-refractivity contribution in [3.05, 3.63) is 56.6 Å². The van der Waals surface area contributed by atoms with Crippen LogP contribution in [0.2, 0.25) is 10.0 Å². The molecule has 0 bridgehead atoms. The van der Waals surface area contributed by atoms with Crippen molar-refractivity contribution in [3.8, 4) is 11.5 Å². The molecule has 25 heavy (non-hydrogen) atoms. The molecular weight excluding hydrogens is 371 g/mol. The molecular formula is C16H14Cl2N2O5. The van der Waals surface area contributed by atoms with Crippen LogP contribution in [-0.4, -0.2) is 24.0 Å². The average Bonchev–Trinajstić information content (AvgIpc) is 2.53. The molecule has 0 saturated carbocycles. The number of rotatable bonds is 6. The van der Waals surface area contributed by atoms with E-state index in [1.807, 2.05) is 0 Å². The number of benzene rings is 2. The highest BCUT2D eigenvalue weighted by atomic mass is 35.5. The quantitative estimate of drug-likeness (QED) is 0.591. The van der Waals surface area contributed by atoms with Crippen LogP contribution in [0.25, 0.3) is 0 Å². The van der Waals surface area contributed by atoms with E-state index in [9.17, 15) is 14.9 Å². The topological polar surface area (TPSA) is 90.7 Å².